The Hall–Kier alpha value is -2.57. The number of hydrogen-bond donors (Lipinski definition) is 2. The fraction of sp³-hybridized carbons (Fsp3) is 0.167. The summed E-state index contributed by atoms with van der Waals surface area (Å²) in [5.74, 6) is 0.937. The molecule has 0 atom stereocenters. The summed E-state index contributed by atoms with van der Waals surface area (Å²) < 4.78 is 5.18. The Kier molecular flexibility index (Phi) is 6.09. The van der Waals surface area contributed by atoms with Gasteiger partial charge in [-0.05, 0) is 36.2 Å². The summed E-state index contributed by atoms with van der Waals surface area (Å²) in [6, 6.07) is 10.6. The number of rotatable bonds is 7. The molecule has 134 valence electrons. The highest BCUT2D eigenvalue weighted by Gasteiger charge is 2.09. The van der Waals surface area contributed by atoms with Crippen LogP contribution in [0.1, 0.15) is 21.8 Å². The van der Waals surface area contributed by atoms with Crippen LogP contribution >= 0.6 is 23.2 Å². The number of aromatic nitrogens is 2. The van der Waals surface area contributed by atoms with Gasteiger partial charge in [0, 0.05) is 22.7 Å². The van der Waals surface area contributed by atoms with Gasteiger partial charge >= 0.3 is 0 Å². The third-order valence-corrected chi connectivity index (χ3v) is 4.21. The number of halogens is 2. The molecule has 6 nitrogen and oxygen atoms in total. The van der Waals surface area contributed by atoms with Gasteiger partial charge in [-0.25, -0.2) is 9.97 Å². The van der Waals surface area contributed by atoms with E-state index in [0.29, 0.717) is 41.1 Å². The molecule has 26 heavy (non-hydrogen) atoms. The van der Waals surface area contributed by atoms with Crippen molar-refractivity contribution in [3.8, 4) is 0 Å². The Morgan fingerprint density at radius 3 is 2.81 bits per heavy atom. The smallest absolute Gasteiger partial charge is 0.270 e. The summed E-state index contributed by atoms with van der Waals surface area (Å²) in [6.07, 6.45) is 3.60. The SMILES string of the molecule is O=C(NCc1ccco1)c1cc(NCCc2ccc(Cl)cc2Cl)ncn1. The van der Waals surface area contributed by atoms with Crippen LogP contribution in [-0.2, 0) is 13.0 Å². The largest absolute Gasteiger partial charge is 0.467 e. The highest BCUT2D eigenvalue weighted by molar-refractivity contribution is 6.35. The first-order chi connectivity index (χ1) is 12.6. The van der Waals surface area contributed by atoms with Gasteiger partial charge in [0.2, 0.25) is 0 Å². The summed E-state index contributed by atoms with van der Waals surface area (Å²) in [6.45, 7) is 0.902. The lowest BCUT2D eigenvalue weighted by atomic mass is 10.1. The maximum Gasteiger partial charge on any atom is 0.270 e. The molecule has 0 radical (unpaired) electrons. The minimum absolute atomic E-state index is 0.276. The number of furan rings is 1. The molecule has 0 aliphatic carbocycles. The van der Waals surface area contributed by atoms with E-state index in [1.807, 2.05) is 6.07 Å². The molecular formula is C18H16Cl2N4O2. The topological polar surface area (TPSA) is 80.0 Å². The van der Waals surface area contributed by atoms with Gasteiger partial charge in [0.25, 0.3) is 5.91 Å². The van der Waals surface area contributed by atoms with E-state index < -0.39 is 0 Å². The molecular weight excluding hydrogens is 375 g/mol. The monoisotopic (exact) mass is 390 g/mol. The summed E-state index contributed by atoms with van der Waals surface area (Å²) in [5.41, 5.74) is 1.26. The van der Waals surface area contributed by atoms with Crippen LogP contribution in [0.2, 0.25) is 10.0 Å². The average molecular weight is 391 g/mol. The second-order valence-electron chi connectivity index (χ2n) is 5.46. The fourth-order valence-electron chi connectivity index (χ4n) is 2.30. The summed E-state index contributed by atoms with van der Waals surface area (Å²) >= 11 is 12.0. The molecule has 2 N–H and O–H groups in total. The molecule has 1 amide bonds. The van der Waals surface area contributed by atoms with Crippen molar-refractivity contribution in [2.75, 3.05) is 11.9 Å². The van der Waals surface area contributed by atoms with Gasteiger partial charge in [0.05, 0.1) is 12.8 Å². The standard InChI is InChI=1S/C18H16Cl2N4O2/c19-13-4-3-12(15(20)8-13)5-6-21-17-9-16(23-11-24-17)18(25)22-10-14-2-1-7-26-14/h1-4,7-9,11H,5-6,10H2,(H,22,25)(H,21,23,24). The van der Waals surface area contributed by atoms with Crippen molar-refractivity contribution in [3.05, 3.63) is 76.1 Å². The lowest BCUT2D eigenvalue weighted by molar-refractivity contribution is 0.0943. The van der Waals surface area contributed by atoms with E-state index in [-0.39, 0.29) is 11.6 Å². The Balaban J connectivity index is 1.54. The van der Waals surface area contributed by atoms with Gasteiger partial charge in [-0.1, -0.05) is 29.3 Å². The van der Waals surface area contributed by atoms with Crippen molar-refractivity contribution in [2.45, 2.75) is 13.0 Å². The highest BCUT2D eigenvalue weighted by atomic mass is 35.5. The number of nitrogens with one attached hydrogen (secondary N) is 2. The third kappa shape index (κ3) is 4.97. The normalized spacial score (nSPS) is 10.5. The number of carbonyl (C=O) groups is 1. The fourth-order valence-corrected chi connectivity index (χ4v) is 2.80. The molecule has 0 aliphatic heterocycles. The minimum atomic E-state index is -0.299. The van der Waals surface area contributed by atoms with E-state index in [4.69, 9.17) is 27.6 Å². The first-order valence-corrected chi connectivity index (χ1v) is 8.68. The number of nitrogens with zero attached hydrogens (tertiary/aromatic N) is 2. The molecule has 0 unspecified atom stereocenters. The van der Waals surface area contributed by atoms with Gasteiger partial charge in [-0.15, -0.1) is 0 Å². The third-order valence-electron chi connectivity index (χ3n) is 3.62. The van der Waals surface area contributed by atoms with Crippen LogP contribution in [0.4, 0.5) is 5.82 Å². The van der Waals surface area contributed by atoms with Crippen molar-refractivity contribution >= 4 is 34.9 Å². The van der Waals surface area contributed by atoms with Crippen LogP contribution < -0.4 is 10.6 Å². The molecule has 0 aliphatic rings. The molecule has 0 fully saturated rings. The van der Waals surface area contributed by atoms with E-state index in [9.17, 15) is 4.79 Å². The quantitative estimate of drug-likeness (QED) is 0.637. The van der Waals surface area contributed by atoms with E-state index in [1.54, 1.807) is 36.6 Å². The second kappa shape index (κ2) is 8.69. The number of carbonyl (C=O) groups excluding carboxylic acids is 1. The van der Waals surface area contributed by atoms with Crippen molar-refractivity contribution in [1.29, 1.82) is 0 Å². The van der Waals surface area contributed by atoms with Crippen molar-refractivity contribution in [3.63, 3.8) is 0 Å². The van der Waals surface area contributed by atoms with Crippen LogP contribution in [0.3, 0.4) is 0 Å². The Labute approximate surface area is 160 Å². The van der Waals surface area contributed by atoms with E-state index >= 15 is 0 Å². The van der Waals surface area contributed by atoms with Gasteiger partial charge in [0.1, 0.15) is 23.6 Å². The van der Waals surface area contributed by atoms with Crippen molar-refractivity contribution < 1.29 is 9.21 Å². The zero-order valence-electron chi connectivity index (χ0n) is 13.7. The molecule has 3 aromatic rings. The van der Waals surface area contributed by atoms with Crippen LogP contribution in [0.5, 0.6) is 0 Å². The first kappa shape index (κ1) is 18.2. The lowest BCUT2D eigenvalue weighted by Crippen LogP contribution is -2.24. The molecule has 0 spiro atoms. The average Bonchev–Trinajstić information content (AvgIpc) is 3.15. The van der Waals surface area contributed by atoms with Crippen LogP contribution in [0.15, 0.2) is 53.4 Å². The number of anilines is 1. The molecule has 2 heterocycles. The number of benzene rings is 1. The molecule has 0 saturated heterocycles. The zero-order chi connectivity index (χ0) is 18.4. The zero-order valence-corrected chi connectivity index (χ0v) is 15.2. The maximum atomic E-state index is 12.2. The summed E-state index contributed by atoms with van der Waals surface area (Å²) in [4.78, 5) is 20.3. The highest BCUT2D eigenvalue weighted by Crippen LogP contribution is 2.21. The van der Waals surface area contributed by atoms with Gasteiger partial charge in [-0.2, -0.15) is 0 Å². The molecule has 0 saturated carbocycles. The van der Waals surface area contributed by atoms with E-state index in [2.05, 4.69) is 20.6 Å². The van der Waals surface area contributed by atoms with Crippen molar-refractivity contribution in [1.82, 2.24) is 15.3 Å². The molecule has 2 aromatic heterocycles. The molecule has 8 heteroatoms. The van der Waals surface area contributed by atoms with Crippen LogP contribution in [-0.4, -0.2) is 22.4 Å². The predicted molar refractivity (Wildman–Crippen MR) is 101 cm³/mol. The maximum absolute atomic E-state index is 12.2. The van der Waals surface area contributed by atoms with Gasteiger partial charge in [-0.3, -0.25) is 4.79 Å². The Bertz CT molecular complexity index is 885. The number of hydrogen-bond acceptors (Lipinski definition) is 5. The van der Waals surface area contributed by atoms with Crippen LogP contribution in [0.25, 0.3) is 0 Å². The summed E-state index contributed by atoms with van der Waals surface area (Å²) in [5, 5.41) is 7.13. The van der Waals surface area contributed by atoms with Crippen molar-refractivity contribution in [2.24, 2.45) is 0 Å². The molecule has 1 aromatic carbocycles. The predicted octanol–water partition coefficient (Wildman–Crippen LogP) is 3.96. The lowest BCUT2D eigenvalue weighted by Gasteiger charge is -2.08. The van der Waals surface area contributed by atoms with E-state index in [0.717, 1.165) is 5.56 Å². The summed E-state index contributed by atoms with van der Waals surface area (Å²) in [7, 11) is 0. The number of amides is 1. The van der Waals surface area contributed by atoms with Gasteiger partial charge < -0.3 is 15.1 Å². The molecule has 3 rings (SSSR count). The first-order valence-electron chi connectivity index (χ1n) is 7.92. The van der Waals surface area contributed by atoms with Crippen LogP contribution in [0, 0.1) is 0 Å². The minimum Gasteiger partial charge on any atom is -0.467 e. The van der Waals surface area contributed by atoms with E-state index in [1.165, 1.54) is 6.33 Å². The Morgan fingerprint density at radius 2 is 2.04 bits per heavy atom. The second-order valence-corrected chi connectivity index (χ2v) is 6.31. The van der Waals surface area contributed by atoms with Gasteiger partial charge in [0.15, 0.2) is 0 Å². The Morgan fingerprint density at radius 1 is 1.15 bits per heavy atom. The molecule has 0 bridgehead atoms.